The Bertz CT molecular complexity index is 1100. The number of carbonyl (C=O) groups excluding carboxylic acids is 2. The second kappa shape index (κ2) is 11.7. The number of benzene rings is 2. The van der Waals surface area contributed by atoms with Crippen LogP contribution in [-0.2, 0) is 17.6 Å². The summed E-state index contributed by atoms with van der Waals surface area (Å²) in [4.78, 5) is 29.6. The second-order valence-corrected chi connectivity index (χ2v) is 10.2. The molecule has 0 radical (unpaired) electrons. The van der Waals surface area contributed by atoms with E-state index in [1.54, 1.807) is 7.11 Å². The van der Waals surface area contributed by atoms with Gasteiger partial charge < -0.3 is 14.4 Å². The average Bonchev–Trinajstić information content (AvgIpc) is 3.33. The number of aryl methyl sites for hydroxylation is 1. The number of carbonyl (C=O) groups is 2. The molecule has 2 aromatic rings. The lowest BCUT2D eigenvalue weighted by atomic mass is 9.88. The van der Waals surface area contributed by atoms with Crippen molar-refractivity contribution >= 4 is 29.8 Å². The van der Waals surface area contributed by atoms with Crippen LogP contribution in [0.2, 0.25) is 0 Å². The third-order valence-corrected chi connectivity index (χ3v) is 7.97. The molecule has 1 fully saturated rings. The normalized spacial score (nSPS) is 18.4. The van der Waals surface area contributed by atoms with E-state index in [1.807, 2.05) is 35.2 Å². The van der Waals surface area contributed by atoms with E-state index in [0.717, 1.165) is 74.5 Å². The zero-order valence-electron chi connectivity index (χ0n) is 21.3. The molecular weight excluding hydrogens is 476 g/mol. The van der Waals surface area contributed by atoms with Crippen LogP contribution in [0.5, 0.6) is 11.5 Å². The van der Waals surface area contributed by atoms with Gasteiger partial charge in [0.25, 0.3) is 0 Å². The van der Waals surface area contributed by atoms with Gasteiger partial charge in [0.2, 0.25) is 5.91 Å². The molecule has 0 spiro atoms. The van der Waals surface area contributed by atoms with Gasteiger partial charge in [0.1, 0.15) is 6.61 Å². The molecule has 5 rings (SSSR count). The molecule has 1 unspecified atom stereocenters. The lowest BCUT2D eigenvalue weighted by molar-refractivity contribution is -0.118. The number of para-hydroxylation sites is 2. The molecule has 36 heavy (non-hydrogen) atoms. The van der Waals surface area contributed by atoms with Gasteiger partial charge in [0, 0.05) is 31.0 Å². The highest BCUT2D eigenvalue weighted by Gasteiger charge is 2.32. The Labute approximate surface area is 220 Å². The smallest absolute Gasteiger partial charge is 0.227 e. The van der Waals surface area contributed by atoms with Crippen LogP contribution in [0, 0.1) is 5.92 Å². The minimum Gasteiger partial charge on any atom is -0.493 e. The van der Waals surface area contributed by atoms with Gasteiger partial charge in [-0.1, -0.05) is 12.1 Å². The molecule has 1 amide bonds. The van der Waals surface area contributed by atoms with Crippen molar-refractivity contribution < 1.29 is 19.1 Å². The van der Waals surface area contributed by atoms with E-state index >= 15 is 0 Å². The number of piperidine rings is 1. The summed E-state index contributed by atoms with van der Waals surface area (Å²) in [5.74, 6) is 2.62. The average molecular weight is 513 g/mol. The predicted octanol–water partition coefficient (Wildman–Crippen LogP) is 5.09. The molecular formula is C29H37ClN2O4. The number of amides is 1. The maximum Gasteiger partial charge on any atom is 0.227 e. The molecule has 3 aliphatic rings. The Balaban J connectivity index is 0.00000304. The molecule has 194 valence electrons. The fourth-order valence-corrected chi connectivity index (χ4v) is 5.83. The summed E-state index contributed by atoms with van der Waals surface area (Å²) in [7, 11) is 1.66. The quantitative estimate of drug-likeness (QED) is 0.438. The highest BCUT2D eigenvalue weighted by Crippen LogP contribution is 2.38. The summed E-state index contributed by atoms with van der Waals surface area (Å²) in [6, 6.07) is 12.2. The van der Waals surface area contributed by atoms with Gasteiger partial charge in [-0.05, 0) is 93.4 Å². The molecule has 0 aromatic heterocycles. The number of Topliss-reactive ketones (excluding diaryl/α,β-unsaturated/α-hetero) is 1. The third-order valence-electron chi connectivity index (χ3n) is 7.97. The lowest BCUT2D eigenvalue weighted by Crippen LogP contribution is -2.42. The summed E-state index contributed by atoms with van der Waals surface area (Å²) in [5, 5.41) is 0. The Hall–Kier alpha value is -2.57. The van der Waals surface area contributed by atoms with Crippen molar-refractivity contribution in [3.05, 3.63) is 53.1 Å². The van der Waals surface area contributed by atoms with E-state index in [0.29, 0.717) is 31.4 Å². The van der Waals surface area contributed by atoms with Crippen molar-refractivity contribution in [1.29, 1.82) is 0 Å². The summed E-state index contributed by atoms with van der Waals surface area (Å²) >= 11 is 0. The maximum absolute atomic E-state index is 13.0. The van der Waals surface area contributed by atoms with Crippen molar-refractivity contribution in [2.45, 2.75) is 57.9 Å². The topological polar surface area (TPSA) is 59.1 Å². The van der Waals surface area contributed by atoms with Crippen molar-refractivity contribution in [3.8, 4) is 11.5 Å². The van der Waals surface area contributed by atoms with Gasteiger partial charge in [0.15, 0.2) is 17.3 Å². The number of anilines is 1. The van der Waals surface area contributed by atoms with Gasteiger partial charge in [-0.2, -0.15) is 0 Å². The van der Waals surface area contributed by atoms with Crippen LogP contribution in [0.1, 0.15) is 60.5 Å². The van der Waals surface area contributed by atoms with Gasteiger partial charge in [-0.15, -0.1) is 12.4 Å². The van der Waals surface area contributed by atoms with Crippen LogP contribution in [0.15, 0.2) is 36.4 Å². The number of ketones is 1. The zero-order chi connectivity index (χ0) is 24.4. The Morgan fingerprint density at radius 3 is 2.44 bits per heavy atom. The van der Waals surface area contributed by atoms with E-state index in [9.17, 15) is 9.59 Å². The molecule has 0 N–H and O–H groups in total. The van der Waals surface area contributed by atoms with Crippen molar-refractivity contribution in [2.75, 3.05) is 38.3 Å². The number of methoxy groups -OCH3 is 1. The fraction of sp³-hybridized carbons (Fsp3) is 0.517. The standard InChI is InChI=1S/C29H36N2O4.ClH/c1-20(19-35-27-6-4-3-5-26(27)34-2)30-14-11-21(12-15-30)7-9-25(32)24-17-22-8-10-28(33)31-16-13-23(18-24)29(22)31;/h3-6,17-18,20-21H,7-16,19H2,1-2H3;1H. The van der Waals surface area contributed by atoms with E-state index in [-0.39, 0.29) is 24.1 Å². The van der Waals surface area contributed by atoms with Crippen LogP contribution in [0.3, 0.4) is 0 Å². The third kappa shape index (κ3) is 5.55. The fourth-order valence-electron chi connectivity index (χ4n) is 5.83. The Morgan fingerprint density at radius 2 is 1.72 bits per heavy atom. The largest absolute Gasteiger partial charge is 0.493 e. The molecule has 0 saturated carbocycles. The van der Waals surface area contributed by atoms with Crippen molar-refractivity contribution in [3.63, 3.8) is 0 Å². The molecule has 1 saturated heterocycles. The first-order valence-electron chi connectivity index (χ1n) is 13.0. The highest BCUT2D eigenvalue weighted by molar-refractivity contribution is 6.02. The highest BCUT2D eigenvalue weighted by atomic mass is 35.5. The Morgan fingerprint density at radius 1 is 1.03 bits per heavy atom. The van der Waals surface area contributed by atoms with Crippen LogP contribution in [0.25, 0.3) is 0 Å². The minimum absolute atomic E-state index is 0. The predicted molar refractivity (Wildman–Crippen MR) is 144 cm³/mol. The number of nitrogens with zero attached hydrogens (tertiary/aromatic N) is 2. The number of likely N-dealkylation sites (tertiary alicyclic amines) is 1. The van der Waals surface area contributed by atoms with E-state index in [4.69, 9.17) is 9.47 Å². The summed E-state index contributed by atoms with van der Waals surface area (Å²) in [6.07, 6.45) is 6.00. The van der Waals surface area contributed by atoms with E-state index in [1.165, 1.54) is 11.1 Å². The first-order valence-corrected chi connectivity index (χ1v) is 13.0. The number of halogens is 1. The van der Waals surface area contributed by atoms with E-state index < -0.39 is 0 Å². The molecule has 2 aromatic carbocycles. The molecule has 3 aliphatic heterocycles. The van der Waals surface area contributed by atoms with Gasteiger partial charge >= 0.3 is 0 Å². The van der Waals surface area contributed by atoms with Crippen LogP contribution >= 0.6 is 12.4 Å². The molecule has 7 heteroatoms. The van der Waals surface area contributed by atoms with Gasteiger partial charge in [-0.3, -0.25) is 14.5 Å². The molecule has 0 aliphatic carbocycles. The molecule has 0 bridgehead atoms. The van der Waals surface area contributed by atoms with Gasteiger partial charge in [-0.25, -0.2) is 0 Å². The lowest BCUT2D eigenvalue weighted by Gasteiger charge is -2.36. The Kier molecular flexibility index (Phi) is 8.58. The minimum atomic E-state index is 0. The summed E-state index contributed by atoms with van der Waals surface area (Å²) < 4.78 is 11.4. The van der Waals surface area contributed by atoms with Crippen molar-refractivity contribution in [2.24, 2.45) is 5.92 Å². The monoisotopic (exact) mass is 512 g/mol. The van der Waals surface area contributed by atoms with Gasteiger partial charge in [0.05, 0.1) is 12.8 Å². The maximum atomic E-state index is 13.0. The number of hydrogen-bond donors (Lipinski definition) is 0. The van der Waals surface area contributed by atoms with Crippen LogP contribution in [0.4, 0.5) is 5.69 Å². The molecule has 3 heterocycles. The second-order valence-electron chi connectivity index (χ2n) is 10.2. The van der Waals surface area contributed by atoms with Crippen LogP contribution < -0.4 is 14.4 Å². The summed E-state index contributed by atoms with van der Waals surface area (Å²) in [6.45, 7) is 5.70. The summed E-state index contributed by atoms with van der Waals surface area (Å²) in [5.41, 5.74) is 4.29. The number of ether oxygens (including phenoxy) is 2. The van der Waals surface area contributed by atoms with Crippen LogP contribution in [-0.4, -0.2) is 56.0 Å². The van der Waals surface area contributed by atoms with Crippen molar-refractivity contribution in [1.82, 2.24) is 4.90 Å². The first kappa shape index (κ1) is 26.5. The zero-order valence-corrected chi connectivity index (χ0v) is 22.1. The number of rotatable bonds is 9. The molecule has 6 nitrogen and oxygen atoms in total. The SMILES string of the molecule is COc1ccccc1OCC(C)N1CCC(CCC(=O)c2cc3c4c(c2)CCN4C(=O)CC3)CC1.Cl. The molecule has 1 atom stereocenters. The number of hydrogen-bond acceptors (Lipinski definition) is 5. The van der Waals surface area contributed by atoms with E-state index in [2.05, 4.69) is 17.9 Å². The first-order chi connectivity index (χ1) is 17.0.